The molecule has 6 heteroatoms. The number of aryl methyl sites for hydroxylation is 1. The van der Waals surface area contributed by atoms with E-state index in [1.165, 1.54) is 18.2 Å². The number of carbonyl (C=O) groups excluding carboxylic acids is 1. The molecule has 0 saturated heterocycles. The highest BCUT2D eigenvalue weighted by Crippen LogP contribution is 2.22. The third-order valence-electron chi connectivity index (χ3n) is 2.61. The van der Waals surface area contributed by atoms with Gasteiger partial charge in [-0.25, -0.2) is 9.18 Å². The quantitative estimate of drug-likeness (QED) is 0.762. The summed E-state index contributed by atoms with van der Waals surface area (Å²) in [6.07, 6.45) is 0. The van der Waals surface area contributed by atoms with Crippen molar-refractivity contribution < 1.29 is 9.18 Å². The normalized spacial score (nSPS) is 10.2. The van der Waals surface area contributed by atoms with Crippen molar-refractivity contribution in [2.45, 2.75) is 6.92 Å². The second-order valence-corrected chi connectivity index (χ2v) is 5.43. The van der Waals surface area contributed by atoms with Gasteiger partial charge in [-0.2, -0.15) is 0 Å². The predicted molar refractivity (Wildman–Crippen MR) is 82.9 cm³/mol. The third-order valence-corrected chi connectivity index (χ3v) is 3.75. The molecular formula is C14H11BrClFN2O. The molecule has 0 radical (unpaired) electrons. The predicted octanol–water partition coefficient (Wildman–Crippen LogP) is 5.19. The Morgan fingerprint density at radius 3 is 2.35 bits per heavy atom. The monoisotopic (exact) mass is 356 g/mol. The third kappa shape index (κ3) is 3.71. The van der Waals surface area contributed by atoms with E-state index in [-0.39, 0.29) is 5.02 Å². The average molecular weight is 358 g/mol. The van der Waals surface area contributed by atoms with Crippen LogP contribution in [0.15, 0.2) is 40.9 Å². The highest BCUT2D eigenvalue weighted by atomic mass is 79.9. The number of nitrogens with one attached hydrogen (secondary N) is 2. The van der Waals surface area contributed by atoms with Crippen LogP contribution in [0.4, 0.5) is 20.6 Å². The van der Waals surface area contributed by atoms with Gasteiger partial charge in [-0.15, -0.1) is 0 Å². The number of carbonyl (C=O) groups is 1. The van der Waals surface area contributed by atoms with Gasteiger partial charge in [-0.3, -0.25) is 0 Å². The molecule has 0 heterocycles. The van der Waals surface area contributed by atoms with Gasteiger partial charge in [0.05, 0.1) is 5.02 Å². The highest BCUT2D eigenvalue weighted by Gasteiger charge is 2.06. The van der Waals surface area contributed by atoms with Crippen molar-refractivity contribution in [2.24, 2.45) is 0 Å². The van der Waals surface area contributed by atoms with Crippen molar-refractivity contribution in [1.82, 2.24) is 0 Å². The molecule has 0 aliphatic carbocycles. The maximum Gasteiger partial charge on any atom is 0.323 e. The Morgan fingerprint density at radius 1 is 1.15 bits per heavy atom. The molecule has 2 aromatic rings. The number of hydrogen-bond donors (Lipinski definition) is 2. The Bertz CT molecular complexity index is 608. The van der Waals surface area contributed by atoms with Crippen LogP contribution in [0, 0.1) is 12.7 Å². The van der Waals surface area contributed by atoms with E-state index < -0.39 is 11.8 Å². The van der Waals surface area contributed by atoms with Crippen LogP contribution in [-0.4, -0.2) is 6.03 Å². The fourth-order valence-electron chi connectivity index (χ4n) is 1.54. The summed E-state index contributed by atoms with van der Waals surface area (Å²) >= 11 is 9.03. The number of amides is 2. The van der Waals surface area contributed by atoms with Crippen LogP contribution in [0.5, 0.6) is 0 Å². The second-order valence-electron chi connectivity index (χ2n) is 4.17. The van der Waals surface area contributed by atoms with Crippen molar-refractivity contribution >= 4 is 44.9 Å². The molecule has 2 rings (SSSR count). The van der Waals surface area contributed by atoms with Gasteiger partial charge in [-0.05, 0) is 42.8 Å². The summed E-state index contributed by atoms with van der Waals surface area (Å²) in [6, 6.07) is 9.02. The first-order chi connectivity index (χ1) is 9.45. The lowest BCUT2D eigenvalue weighted by Crippen LogP contribution is -2.19. The molecule has 20 heavy (non-hydrogen) atoms. The Kier molecular flexibility index (Phi) is 4.62. The van der Waals surface area contributed by atoms with Crippen molar-refractivity contribution in [1.29, 1.82) is 0 Å². The fourth-order valence-corrected chi connectivity index (χ4v) is 2.10. The highest BCUT2D eigenvalue weighted by molar-refractivity contribution is 9.10. The Labute approximate surface area is 129 Å². The van der Waals surface area contributed by atoms with Gasteiger partial charge in [0.2, 0.25) is 0 Å². The average Bonchev–Trinajstić information content (AvgIpc) is 2.38. The number of rotatable bonds is 2. The molecule has 0 aliphatic rings. The van der Waals surface area contributed by atoms with E-state index in [9.17, 15) is 9.18 Å². The Balaban J connectivity index is 2.04. The van der Waals surface area contributed by atoms with E-state index in [1.807, 2.05) is 13.0 Å². The molecule has 0 bridgehead atoms. The van der Waals surface area contributed by atoms with E-state index in [0.717, 1.165) is 10.0 Å². The topological polar surface area (TPSA) is 41.1 Å². The molecule has 3 nitrogen and oxygen atoms in total. The van der Waals surface area contributed by atoms with Gasteiger partial charge in [0.15, 0.2) is 0 Å². The molecule has 2 N–H and O–H groups in total. The van der Waals surface area contributed by atoms with Crippen LogP contribution in [0.3, 0.4) is 0 Å². The minimum atomic E-state index is -0.528. The second kappa shape index (κ2) is 6.24. The van der Waals surface area contributed by atoms with E-state index in [0.29, 0.717) is 11.4 Å². The molecule has 0 unspecified atom stereocenters. The molecule has 0 spiro atoms. The minimum Gasteiger partial charge on any atom is -0.308 e. The van der Waals surface area contributed by atoms with E-state index in [4.69, 9.17) is 11.6 Å². The van der Waals surface area contributed by atoms with Gasteiger partial charge in [0.25, 0.3) is 0 Å². The number of halogens is 3. The summed E-state index contributed by atoms with van der Waals surface area (Å²) in [6.45, 7) is 1.95. The zero-order valence-electron chi connectivity index (χ0n) is 10.5. The molecule has 0 aromatic heterocycles. The summed E-state index contributed by atoms with van der Waals surface area (Å²) in [4.78, 5) is 11.8. The summed E-state index contributed by atoms with van der Waals surface area (Å²) in [5.41, 5.74) is 2.13. The molecule has 0 fully saturated rings. The SMILES string of the molecule is Cc1ccc(NC(=O)Nc2ccc(F)c(Cl)c2)cc1Br. The van der Waals surface area contributed by atoms with Gasteiger partial charge in [0, 0.05) is 15.8 Å². The van der Waals surface area contributed by atoms with E-state index >= 15 is 0 Å². The van der Waals surface area contributed by atoms with Crippen LogP contribution in [0.1, 0.15) is 5.56 Å². The van der Waals surface area contributed by atoms with Crippen molar-refractivity contribution in [3.8, 4) is 0 Å². The molecule has 0 aliphatic heterocycles. The summed E-state index contributed by atoms with van der Waals surface area (Å²) in [7, 11) is 0. The summed E-state index contributed by atoms with van der Waals surface area (Å²) in [5, 5.41) is 5.21. The fraction of sp³-hybridized carbons (Fsp3) is 0.0714. The van der Waals surface area contributed by atoms with Crippen molar-refractivity contribution in [3.05, 3.63) is 57.3 Å². The lowest BCUT2D eigenvalue weighted by Gasteiger charge is -2.09. The van der Waals surface area contributed by atoms with Crippen LogP contribution in [0.25, 0.3) is 0 Å². The smallest absolute Gasteiger partial charge is 0.308 e. The maximum absolute atomic E-state index is 13.0. The largest absolute Gasteiger partial charge is 0.323 e. The molecule has 0 saturated carbocycles. The minimum absolute atomic E-state index is 0.0409. The maximum atomic E-state index is 13.0. The van der Waals surface area contributed by atoms with E-state index in [1.54, 1.807) is 12.1 Å². The van der Waals surface area contributed by atoms with Gasteiger partial charge in [0.1, 0.15) is 5.82 Å². The lowest BCUT2D eigenvalue weighted by molar-refractivity contribution is 0.262. The molecule has 104 valence electrons. The number of anilines is 2. The number of hydrogen-bond acceptors (Lipinski definition) is 1. The number of benzene rings is 2. The first-order valence-electron chi connectivity index (χ1n) is 5.75. The van der Waals surface area contributed by atoms with Gasteiger partial charge < -0.3 is 10.6 Å². The Hall–Kier alpha value is -1.59. The lowest BCUT2D eigenvalue weighted by atomic mass is 10.2. The first kappa shape index (κ1) is 14.8. The van der Waals surface area contributed by atoms with Crippen LogP contribution < -0.4 is 10.6 Å². The number of urea groups is 1. The zero-order valence-corrected chi connectivity index (χ0v) is 12.8. The van der Waals surface area contributed by atoms with Crippen LogP contribution in [-0.2, 0) is 0 Å². The summed E-state index contributed by atoms with van der Waals surface area (Å²) < 4.78 is 13.9. The first-order valence-corrected chi connectivity index (χ1v) is 6.92. The van der Waals surface area contributed by atoms with Crippen molar-refractivity contribution in [3.63, 3.8) is 0 Å². The molecule has 0 atom stereocenters. The van der Waals surface area contributed by atoms with Crippen LogP contribution >= 0.6 is 27.5 Å². The van der Waals surface area contributed by atoms with Crippen molar-refractivity contribution in [2.75, 3.05) is 10.6 Å². The Morgan fingerprint density at radius 2 is 1.75 bits per heavy atom. The zero-order chi connectivity index (χ0) is 14.7. The molecule has 2 aromatic carbocycles. The standard InChI is InChI=1S/C14H11BrClFN2O/c1-8-2-3-9(6-11(8)15)18-14(20)19-10-4-5-13(17)12(16)7-10/h2-7H,1H3,(H2,18,19,20). The molecule has 2 amide bonds. The van der Waals surface area contributed by atoms with Gasteiger partial charge >= 0.3 is 6.03 Å². The molecular weight excluding hydrogens is 347 g/mol. The van der Waals surface area contributed by atoms with Crippen LogP contribution in [0.2, 0.25) is 5.02 Å². The summed E-state index contributed by atoms with van der Waals surface area (Å²) in [5.74, 6) is -0.528. The van der Waals surface area contributed by atoms with E-state index in [2.05, 4.69) is 26.6 Å². The van der Waals surface area contributed by atoms with Gasteiger partial charge in [-0.1, -0.05) is 33.6 Å².